The Morgan fingerprint density at radius 1 is 0.800 bits per heavy atom. The van der Waals surface area contributed by atoms with Crippen molar-refractivity contribution in [3.63, 3.8) is 0 Å². The monoisotopic (exact) mass is 325 g/mol. The van der Waals surface area contributed by atoms with Crippen molar-refractivity contribution in [1.29, 1.82) is 0 Å². The molecule has 0 atom stereocenters. The average Bonchev–Trinajstić information content (AvgIpc) is 3.03. The third kappa shape index (κ3) is 2.51. The van der Waals surface area contributed by atoms with Gasteiger partial charge < -0.3 is 0 Å². The van der Waals surface area contributed by atoms with E-state index in [0.717, 1.165) is 6.54 Å². The fourth-order valence-corrected chi connectivity index (χ4v) is 4.65. The van der Waals surface area contributed by atoms with Crippen molar-refractivity contribution in [2.75, 3.05) is 13.1 Å². The molecule has 0 radical (unpaired) electrons. The maximum absolute atomic E-state index is 2.63. The van der Waals surface area contributed by atoms with Gasteiger partial charge in [0.25, 0.3) is 0 Å². The van der Waals surface area contributed by atoms with Crippen molar-refractivity contribution in [2.45, 2.75) is 24.8 Å². The normalized spacial score (nSPS) is 18.7. The molecule has 1 aliphatic heterocycles. The van der Waals surface area contributed by atoms with Crippen LogP contribution >= 0.6 is 0 Å². The van der Waals surface area contributed by atoms with Crippen molar-refractivity contribution < 1.29 is 0 Å². The van der Waals surface area contributed by atoms with Gasteiger partial charge in [0.1, 0.15) is 0 Å². The quantitative estimate of drug-likeness (QED) is 0.610. The van der Waals surface area contributed by atoms with Crippen LogP contribution in [0.5, 0.6) is 0 Å². The second kappa shape index (κ2) is 5.86. The van der Waals surface area contributed by atoms with E-state index in [0.29, 0.717) is 0 Å². The van der Waals surface area contributed by atoms with Gasteiger partial charge in [0.2, 0.25) is 0 Å². The smallest absolute Gasteiger partial charge is 0.0239 e. The Morgan fingerprint density at radius 3 is 2.48 bits per heavy atom. The topological polar surface area (TPSA) is 3.24 Å². The van der Waals surface area contributed by atoms with Crippen molar-refractivity contribution in [3.8, 4) is 0 Å². The number of hydrogen-bond donors (Lipinski definition) is 0. The molecule has 0 amide bonds. The van der Waals surface area contributed by atoms with Gasteiger partial charge in [-0.2, -0.15) is 0 Å². The molecule has 2 aliphatic rings. The zero-order valence-corrected chi connectivity index (χ0v) is 14.5. The van der Waals surface area contributed by atoms with E-state index in [2.05, 4.69) is 83.8 Å². The summed E-state index contributed by atoms with van der Waals surface area (Å²) >= 11 is 0. The third-order valence-electron chi connectivity index (χ3n) is 6.10. The van der Waals surface area contributed by atoms with Gasteiger partial charge in [-0.3, -0.25) is 4.90 Å². The van der Waals surface area contributed by atoms with E-state index < -0.39 is 0 Å². The van der Waals surface area contributed by atoms with Crippen molar-refractivity contribution >= 4 is 16.8 Å². The Kier molecular flexibility index (Phi) is 3.50. The molecule has 3 aromatic carbocycles. The molecule has 0 unspecified atom stereocenters. The van der Waals surface area contributed by atoms with Crippen molar-refractivity contribution in [3.05, 3.63) is 89.5 Å². The van der Waals surface area contributed by atoms with Crippen molar-refractivity contribution in [2.24, 2.45) is 0 Å². The predicted octanol–water partition coefficient (Wildman–Crippen LogP) is 5.40. The van der Waals surface area contributed by atoms with Crippen LogP contribution in [0.15, 0.2) is 72.8 Å². The van der Waals surface area contributed by atoms with Crippen LogP contribution in [-0.2, 0) is 12.0 Å². The Bertz CT molecular complexity index is 940. The summed E-state index contributed by atoms with van der Waals surface area (Å²) in [5.41, 5.74) is 4.70. The summed E-state index contributed by atoms with van der Waals surface area (Å²) in [7, 11) is 0. The lowest BCUT2D eigenvalue weighted by atomic mass is 9.74. The third-order valence-corrected chi connectivity index (χ3v) is 6.10. The molecule has 1 nitrogen and oxygen atoms in total. The molecule has 1 heterocycles. The van der Waals surface area contributed by atoms with E-state index in [4.69, 9.17) is 0 Å². The lowest BCUT2D eigenvalue weighted by Gasteiger charge is -2.39. The highest BCUT2D eigenvalue weighted by atomic mass is 15.1. The summed E-state index contributed by atoms with van der Waals surface area (Å²) < 4.78 is 0. The van der Waals surface area contributed by atoms with Gasteiger partial charge in [-0.25, -0.2) is 0 Å². The molecule has 124 valence electrons. The van der Waals surface area contributed by atoms with E-state index in [-0.39, 0.29) is 5.41 Å². The number of nitrogens with zero attached hydrogens (tertiary/aromatic N) is 1. The zero-order valence-electron chi connectivity index (χ0n) is 14.5. The highest BCUT2D eigenvalue weighted by molar-refractivity contribution is 5.85. The summed E-state index contributed by atoms with van der Waals surface area (Å²) in [4.78, 5) is 2.63. The molecule has 25 heavy (non-hydrogen) atoms. The van der Waals surface area contributed by atoms with E-state index in [1.807, 2.05) is 0 Å². The SMILES string of the molecule is C1=CC2(CCN(Cc3cccc4ccccc34)CC2)c2ccccc21. The molecule has 1 saturated heterocycles. The number of likely N-dealkylation sites (tertiary alicyclic amines) is 1. The van der Waals surface area contributed by atoms with Crippen LogP contribution in [-0.4, -0.2) is 18.0 Å². The zero-order chi connectivity index (χ0) is 16.7. The first-order valence-corrected chi connectivity index (χ1v) is 9.32. The fourth-order valence-electron chi connectivity index (χ4n) is 4.65. The number of rotatable bonds is 2. The highest BCUT2D eigenvalue weighted by Gasteiger charge is 2.37. The first kappa shape index (κ1) is 14.9. The lowest BCUT2D eigenvalue weighted by Crippen LogP contribution is -2.40. The van der Waals surface area contributed by atoms with Gasteiger partial charge in [0, 0.05) is 12.0 Å². The molecule has 0 bridgehead atoms. The van der Waals surface area contributed by atoms with Crippen LogP contribution in [0, 0.1) is 0 Å². The second-order valence-electron chi connectivity index (χ2n) is 7.49. The van der Waals surface area contributed by atoms with Gasteiger partial charge in [0.05, 0.1) is 0 Å². The van der Waals surface area contributed by atoms with E-state index in [1.165, 1.54) is 47.8 Å². The van der Waals surface area contributed by atoms with Crippen LogP contribution < -0.4 is 0 Å². The fraction of sp³-hybridized carbons (Fsp3) is 0.250. The molecule has 1 fully saturated rings. The van der Waals surface area contributed by atoms with Gasteiger partial charge >= 0.3 is 0 Å². The maximum Gasteiger partial charge on any atom is 0.0239 e. The number of hydrogen-bond acceptors (Lipinski definition) is 1. The van der Waals surface area contributed by atoms with Crippen LogP contribution in [0.2, 0.25) is 0 Å². The standard InChI is InChI=1S/C24H23N/c1-3-10-22-19(6-1)8-5-9-21(22)18-25-16-14-24(15-17-25)13-12-20-7-2-4-11-23(20)24/h1-13H,14-18H2. The average molecular weight is 325 g/mol. The maximum atomic E-state index is 2.63. The van der Waals surface area contributed by atoms with Gasteiger partial charge in [-0.05, 0) is 53.4 Å². The Hall–Kier alpha value is -2.38. The van der Waals surface area contributed by atoms with E-state index in [1.54, 1.807) is 5.56 Å². The molecule has 1 spiro atoms. The summed E-state index contributed by atoms with van der Waals surface area (Å²) in [6.45, 7) is 3.40. The van der Waals surface area contributed by atoms with Crippen LogP contribution in [0.3, 0.4) is 0 Å². The Labute approximate surface area is 149 Å². The summed E-state index contributed by atoms with van der Waals surface area (Å²) in [5.74, 6) is 0. The number of benzene rings is 3. The first-order valence-electron chi connectivity index (χ1n) is 9.32. The van der Waals surface area contributed by atoms with E-state index >= 15 is 0 Å². The van der Waals surface area contributed by atoms with Gasteiger partial charge in [-0.1, -0.05) is 78.9 Å². The number of allylic oxidation sites excluding steroid dienone is 1. The minimum absolute atomic E-state index is 0.284. The molecule has 0 N–H and O–H groups in total. The minimum atomic E-state index is 0.284. The lowest BCUT2D eigenvalue weighted by molar-refractivity contribution is 0.178. The minimum Gasteiger partial charge on any atom is -0.299 e. The largest absolute Gasteiger partial charge is 0.299 e. The van der Waals surface area contributed by atoms with Crippen LogP contribution in [0.1, 0.15) is 29.5 Å². The summed E-state index contributed by atoms with van der Waals surface area (Å²) in [6, 6.07) is 24.4. The molecule has 1 heteroatoms. The van der Waals surface area contributed by atoms with Gasteiger partial charge in [-0.15, -0.1) is 0 Å². The number of fused-ring (bicyclic) bond motifs is 3. The highest BCUT2D eigenvalue weighted by Crippen LogP contribution is 2.43. The Morgan fingerprint density at radius 2 is 1.56 bits per heavy atom. The molecule has 5 rings (SSSR count). The molecular weight excluding hydrogens is 302 g/mol. The van der Waals surface area contributed by atoms with E-state index in [9.17, 15) is 0 Å². The summed E-state index contributed by atoms with van der Waals surface area (Å²) in [6.07, 6.45) is 7.25. The molecular formula is C24H23N. The number of piperidine rings is 1. The van der Waals surface area contributed by atoms with Crippen LogP contribution in [0.4, 0.5) is 0 Å². The van der Waals surface area contributed by atoms with Gasteiger partial charge in [0.15, 0.2) is 0 Å². The predicted molar refractivity (Wildman–Crippen MR) is 106 cm³/mol. The van der Waals surface area contributed by atoms with Crippen molar-refractivity contribution in [1.82, 2.24) is 4.90 Å². The Balaban J connectivity index is 1.35. The second-order valence-corrected chi connectivity index (χ2v) is 7.49. The van der Waals surface area contributed by atoms with Crippen LogP contribution in [0.25, 0.3) is 16.8 Å². The summed E-state index contributed by atoms with van der Waals surface area (Å²) in [5, 5.41) is 2.75. The molecule has 1 aliphatic carbocycles. The molecule has 0 aromatic heterocycles. The molecule has 3 aromatic rings. The first-order chi connectivity index (χ1) is 12.3. The molecule has 0 saturated carbocycles.